The second-order valence-electron chi connectivity index (χ2n) is 5.03. The van der Waals surface area contributed by atoms with Gasteiger partial charge in [0.15, 0.2) is 0 Å². The van der Waals surface area contributed by atoms with Crippen molar-refractivity contribution >= 4 is 34.6 Å². The lowest BCUT2D eigenvalue weighted by molar-refractivity contribution is 0.727. The van der Waals surface area contributed by atoms with Gasteiger partial charge in [-0.15, -0.1) is 0 Å². The first-order valence-electron chi connectivity index (χ1n) is 6.66. The topological polar surface area (TPSA) is 42.1 Å². The van der Waals surface area contributed by atoms with E-state index in [9.17, 15) is 0 Å². The molecule has 21 heavy (non-hydrogen) atoms. The molecule has 3 nitrogen and oxygen atoms in total. The van der Waals surface area contributed by atoms with Crippen LogP contribution in [0.1, 0.15) is 29.8 Å². The second-order valence-corrected chi connectivity index (χ2v) is 5.88. The number of anilines is 1. The van der Waals surface area contributed by atoms with E-state index in [0.29, 0.717) is 4.99 Å². The van der Waals surface area contributed by atoms with E-state index >= 15 is 0 Å². The molecular weight excluding hydrogens is 302 g/mol. The molecular formula is C16H18ClN3S. The van der Waals surface area contributed by atoms with Crippen LogP contribution in [0.4, 0.5) is 5.82 Å². The predicted molar refractivity (Wildman–Crippen MR) is 93.1 cm³/mol. The van der Waals surface area contributed by atoms with Crippen LogP contribution in [-0.2, 0) is 0 Å². The number of hydrogen-bond acceptors (Lipinski definition) is 3. The van der Waals surface area contributed by atoms with Crippen molar-refractivity contribution in [2.75, 3.05) is 11.9 Å². The van der Waals surface area contributed by atoms with E-state index in [1.54, 1.807) is 0 Å². The lowest BCUT2D eigenvalue weighted by atomic mass is 10.1. The summed E-state index contributed by atoms with van der Waals surface area (Å²) in [6.07, 6.45) is 0. The number of halogens is 1. The summed E-state index contributed by atoms with van der Waals surface area (Å²) >= 11 is 11.3. The van der Waals surface area contributed by atoms with Crippen molar-refractivity contribution in [1.29, 1.82) is 0 Å². The quantitative estimate of drug-likeness (QED) is 0.869. The van der Waals surface area contributed by atoms with Crippen LogP contribution in [0.5, 0.6) is 0 Å². The van der Waals surface area contributed by atoms with Crippen molar-refractivity contribution < 1.29 is 0 Å². The van der Waals surface area contributed by atoms with E-state index in [-0.39, 0.29) is 6.04 Å². The number of nitrogens with zero attached hydrogens (tertiary/aromatic N) is 2. The molecule has 0 bridgehead atoms. The molecule has 0 radical (unpaired) electrons. The second kappa shape index (κ2) is 6.41. The summed E-state index contributed by atoms with van der Waals surface area (Å²) in [5.74, 6) is 0.824. The number of aryl methyl sites for hydroxylation is 1. The maximum absolute atomic E-state index is 6.28. The first kappa shape index (κ1) is 15.7. The minimum atomic E-state index is 0.0900. The van der Waals surface area contributed by atoms with Gasteiger partial charge < -0.3 is 10.6 Å². The van der Waals surface area contributed by atoms with E-state index in [1.165, 1.54) is 0 Å². The molecule has 0 saturated heterocycles. The zero-order chi connectivity index (χ0) is 15.6. The third-order valence-electron chi connectivity index (χ3n) is 3.52. The summed E-state index contributed by atoms with van der Waals surface area (Å²) in [6, 6.07) is 11.7. The minimum absolute atomic E-state index is 0.0900. The van der Waals surface area contributed by atoms with Gasteiger partial charge >= 0.3 is 0 Å². The highest BCUT2D eigenvalue weighted by molar-refractivity contribution is 7.80. The number of pyridine rings is 1. The number of hydrogen-bond donors (Lipinski definition) is 1. The Labute approximate surface area is 135 Å². The van der Waals surface area contributed by atoms with Gasteiger partial charge in [-0.25, -0.2) is 4.98 Å². The molecule has 2 N–H and O–H groups in total. The zero-order valence-corrected chi connectivity index (χ0v) is 13.9. The Kier molecular flexibility index (Phi) is 4.80. The van der Waals surface area contributed by atoms with E-state index in [2.05, 4.69) is 16.8 Å². The van der Waals surface area contributed by atoms with Gasteiger partial charge in [0, 0.05) is 23.3 Å². The third kappa shape index (κ3) is 3.52. The van der Waals surface area contributed by atoms with Gasteiger partial charge in [0.05, 0.1) is 6.04 Å². The summed E-state index contributed by atoms with van der Waals surface area (Å²) in [7, 11) is 1.99. The van der Waals surface area contributed by atoms with E-state index in [0.717, 1.165) is 27.7 Å². The van der Waals surface area contributed by atoms with Crippen molar-refractivity contribution in [2.45, 2.75) is 19.9 Å². The number of rotatable bonds is 4. The highest BCUT2D eigenvalue weighted by Crippen LogP contribution is 2.29. The van der Waals surface area contributed by atoms with Crippen LogP contribution in [-0.4, -0.2) is 17.0 Å². The van der Waals surface area contributed by atoms with Crippen LogP contribution in [0.15, 0.2) is 36.4 Å². The van der Waals surface area contributed by atoms with Crippen molar-refractivity contribution in [1.82, 2.24) is 4.98 Å². The van der Waals surface area contributed by atoms with E-state index < -0.39 is 0 Å². The van der Waals surface area contributed by atoms with Gasteiger partial charge in [-0.05, 0) is 37.6 Å². The molecule has 5 heteroatoms. The fourth-order valence-corrected chi connectivity index (χ4v) is 2.61. The molecule has 1 aromatic carbocycles. The lowest BCUT2D eigenvalue weighted by Gasteiger charge is -2.27. The maximum atomic E-state index is 6.28. The average molecular weight is 320 g/mol. The summed E-state index contributed by atoms with van der Waals surface area (Å²) in [5, 5.41) is 0.749. The number of benzene rings is 1. The Morgan fingerprint density at radius 3 is 2.62 bits per heavy atom. The Morgan fingerprint density at radius 2 is 2.00 bits per heavy atom. The fourth-order valence-electron chi connectivity index (χ4n) is 2.19. The summed E-state index contributed by atoms with van der Waals surface area (Å²) in [4.78, 5) is 7.00. The van der Waals surface area contributed by atoms with Crippen LogP contribution in [0.25, 0.3) is 0 Å². The molecule has 0 aliphatic rings. The lowest BCUT2D eigenvalue weighted by Crippen LogP contribution is -2.24. The van der Waals surface area contributed by atoms with Gasteiger partial charge in [0.25, 0.3) is 0 Å². The highest BCUT2D eigenvalue weighted by atomic mass is 35.5. The summed E-state index contributed by atoms with van der Waals surface area (Å²) in [5.41, 5.74) is 8.49. The molecule has 0 aliphatic carbocycles. The van der Waals surface area contributed by atoms with Gasteiger partial charge in [-0.3, -0.25) is 0 Å². The summed E-state index contributed by atoms with van der Waals surface area (Å²) < 4.78 is 0. The fraction of sp³-hybridized carbons (Fsp3) is 0.250. The Morgan fingerprint density at radius 1 is 1.33 bits per heavy atom. The van der Waals surface area contributed by atoms with Crippen molar-refractivity contribution in [2.24, 2.45) is 5.73 Å². The van der Waals surface area contributed by atoms with Crippen LogP contribution in [0, 0.1) is 6.92 Å². The highest BCUT2D eigenvalue weighted by Gasteiger charge is 2.17. The standard InChI is InChI=1S/C16H18ClN3S/c1-10-8-12(16(18)21)9-15(19-10)20(3)11(2)13-6-4-5-7-14(13)17/h4-9,11H,1-3H3,(H2,18,21). The molecule has 1 aromatic heterocycles. The molecule has 0 saturated carbocycles. The first-order chi connectivity index (χ1) is 9.90. The van der Waals surface area contributed by atoms with Gasteiger partial charge in [0.2, 0.25) is 0 Å². The van der Waals surface area contributed by atoms with Gasteiger partial charge in [0.1, 0.15) is 10.8 Å². The molecule has 0 spiro atoms. The molecule has 1 atom stereocenters. The SMILES string of the molecule is Cc1cc(C(N)=S)cc(N(C)C(C)c2ccccc2Cl)n1. The van der Waals surface area contributed by atoms with Crippen molar-refractivity contribution in [3.05, 3.63) is 58.2 Å². The molecule has 0 fully saturated rings. The smallest absolute Gasteiger partial charge is 0.129 e. The first-order valence-corrected chi connectivity index (χ1v) is 7.44. The normalized spacial score (nSPS) is 12.0. The van der Waals surface area contributed by atoms with E-state index in [1.807, 2.05) is 50.4 Å². The van der Waals surface area contributed by atoms with Crippen LogP contribution >= 0.6 is 23.8 Å². The molecule has 2 aromatic rings. The zero-order valence-electron chi connectivity index (χ0n) is 12.3. The minimum Gasteiger partial charge on any atom is -0.389 e. The van der Waals surface area contributed by atoms with Crippen LogP contribution in [0.3, 0.4) is 0 Å². The Hall–Kier alpha value is -1.65. The average Bonchev–Trinajstić information content (AvgIpc) is 2.45. The molecule has 1 heterocycles. The third-order valence-corrected chi connectivity index (χ3v) is 4.10. The largest absolute Gasteiger partial charge is 0.389 e. The Bertz CT molecular complexity index is 672. The predicted octanol–water partition coefficient (Wildman–Crippen LogP) is 3.88. The molecule has 1 unspecified atom stereocenters. The summed E-state index contributed by atoms with van der Waals surface area (Å²) in [6.45, 7) is 4.02. The number of thiocarbonyl (C=S) groups is 1. The molecule has 2 rings (SSSR count). The van der Waals surface area contributed by atoms with Gasteiger partial charge in [-0.2, -0.15) is 0 Å². The van der Waals surface area contributed by atoms with Crippen molar-refractivity contribution in [3.63, 3.8) is 0 Å². The monoisotopic (exact) mass is 319 g/mol. The van der Waals surface area contributed by atoms with Gasteiger partial charge in [-0.1, -0.05) is 42.0 Å². The molecule has 0 aliphatic heterocycles. The van der Waals surface area contributed by atoms with Crippen LogP contribution < -0.4 is 10.6 Å². The molecule has 110 valence electrons. The van der Waals surface area contributed by atoms with Crippen molar-refractivity contribution in [3.8, 4) is 0 Å². The van der Waals surface area contributed by atoms with Crippen LogP contribution in [0.2, 0.25) is 5.02 Å². The maximum Gasteiger partial charge on any atom is 0.129 e. The molecule has 0 amide bonds. The Balaban J connectivity index is 2.38. The van der Waals surface area contributed by atoms with E-state index in [4.69, 9.17) is 29.6 Å². The number of nitrogens with two attached hydrogens (primary N) is 1. The number of aromatic nitrogens is 1.